The number of fused-ring (bicyclic) bond motifs is 1. The van der Waals surface area contributed by atoms with Crippen molar-refractivity contribution in [2.24, 2.45) is 0 Å². The van der Waals surface area contributed by atoms with Crippen LogP contribution < -0.4 is 16.4 Å². The zero-order valence-electron chi connectivity index (χ0n) is 10.6. The van der Waals surface area contributed by atoms with E-state index < -0.39 is 11.6 Å². The van der Waals surface area contributed by atoms with Gasteiger partial charge in [0.1, 0.15) is 5.82 Å². The highest BCUT2D eigenvalue weighted by Gasteiger charge is 2.20. The number of hydrogen-bond donors (Lipinski definition) is 3. The molecule has 0 spiro atoms. The lowest BCUT2D eigenvalue weighted by atomic mass is 10.1. The highest BCUT2D eigenvalue weighted by atomic mass is 35.5. The molecule has 0 aromatic heterocycles. The van der Waals surface area contributed by atoms with Gasteiger partial charge in [-0.25, -0.2) is 8.78 Å². The van der Waals surface area contributed by atoms with Crippen LogP contribution in [-0.2, 0) is 11.2 Å². The van der Waals surface area contributed by atoms with E-state index in [-0.39, 0.29) is 23.0 Å². The normalized spacial score (nSPS) is 13.0. The van der Waals surface area contributed by atoms with Crippen LogP contribution in [0.25, 0.3) is 0 Å². The lowest BCUT2D eigenvalue weighted by Crippen LogP contribution is -2.04. The summed E-state index contributed by atoms with van der Waals surface area (Å²) >= 11 is 5.82. The van der Waals surface area contributed by atoms with Crippen LogP contribution in [0.5, 0.6) is 0 Å². The summed E-state index contributed by atoms with van der Waals surface area (Å²) in [7, 11) is 0. The van der Waals surface area contributed by atoms with Crippen LogP contribution in [0.4, 0.5) is 31.5 Å². The first-order valence-electron chi connectivity index (χ1n) is 6.08. The van der Waals surface area contributed by atoms with Gasteiger partial charge in [0.25, 0.3) is 0 Å². The number of rotatable bonds is 2. The van der Waals surface area contributed by atoms with E-state index in [1.54, 1.807) is 12.1 Å². The molecule has 0 saturated carbocycles. The Morgan fingerprint density at radius 2 is 2.00 bits per heavy atom. The van der Waals surface area contributed by atoms with Crippen molar-refractivity contribution in [3.05, 3.63) is 46.5 Å². The van der Waals surface area contributed by atoms with Crippen LogP contribution in [0.3, 0.4) is 0 Å². The smallest absolute Gasteiger partial charge is 0.228 e. The van der Waals surface area contributed by atoms with Crippen molar-refractivity contribution in [1.82, 2.24) is 0 Å². The Kier molecular flexibility index (Phi) is 3.17. The van der Waals surface area contributed by atoms with E-state index in [1.807, 2.05) is 0 Å². The fraction of sp³-hybridized carbons (Fsp3) is 0.0714. The average Bonchev–Trinajstić information content (AvgIpc) is 2.72. The Morgan fingerprint density at radius 1 is 1.24 bits per heavy atom. The van der Waals surface area contributed by atoms with E-state index in [0.717, 1.165) is 17.7 Å². The number of anilines is 4. The molecule has 1 heterocycles. The SMILES string of the molecule is Nc1cc2c(cc1Nc1c(F)cc(F)cc1Cl)NC(=O)C2. The molecule has 1 amide bonds. The van der Waals surface area contributed by atoms with E-state index >= 15 is 0 Å². The quantitative estimate of drug-likeness (QED) is 0.744. The summed E-state index contributed by atoms with van der Waals surface area (Å²) in [6.45, 7) is 0. The number of amides is 1. The predicted octanol–water partition coefficient (Wildman–Crippen LogP) is 3.44. The molecule has 0 fully saturated rings. The number of halogens is 3. The van der Waals surface area contributed by atoms with E-state index in [0.29, 0.717) is 17.1 Å². The van der Waals surface area contributed by atoms with E-state index in [2.05, 4.69) is 10.6 Å². The van der Waals surface area contributed by atoms with E-state index in [9.17, 15) is 13.6 Å². The molecule has 1 aliphatic heterocycles. The molecule has 0 aliphatic carbocycles. The van der Waals surface area contributed by atoms with Gasteiger partial charge in [0.05, 0.1) is 28.5 Å². The highest BCUT2D eigenvalue weighted by molar-refractivity contribution is 6.33. The fourth-order valence-electron chi connectivity index (χ4n) is 2.20. The molecule has 2 aromatic rings. The third-order valence-corrected chi connectivity index (χ3v) is 3.47. The van der Waals surface area contributed by atoms with Crippen LogP contribution in [0.2, 0.25) is 5.02 Å². The van der Waals surface area contributed by atoms with E-state index in [4.69, 9.17) is 17.3 Å². The first-order chi connectivity index (χ1) is 9.94. The Hall–Kier alpha value is -2.34. The van der Waals surface area contributed by atoms with Gasteiger partial charge in [-0.1, -0.05) is 11.6 Å². The molecule has 0 unspecified atom stereocenters. The number of nitrogens with one attached hydrogen (secondary N) is 2. The zero-order valence-corrected chi connectivity index (χ0v) is 11.4. The maximum absolute atomic E-state index is 13.8. The molecular formula is C14H10ClF2N3O. The largest absolute Gasteiger partial charge is 0.397 e. The molecule has 21 heavy (non-hydrogen) atoms. The van der Waals surface area contributed by atoms with Crippen LogP contribution in [0, 0.1) is 11.6 Å². The molecule has 4 nitrogen and oxygen atoms in total. The Morgan fingerprint density at radius 3 is 2.71 bits per heavy atom. The Labute approximate surface area is 123 Å². The van der Waals surface area contributed by atoms with Gasteiger partial charge in [-0.3, -0.25) is 4.79 Å². The molecule has 4 N–H and O–H groups in total. The van der Waals surface area contributed by atoms with Crippen molar-refractivity contribution >= 4 is 40.3 Å². The van der Waals surface area contributed by atoms with Gasteiger partial charge in [-0.2, -0.15) is 0 Å². The second-order valence-electron chi connectivity index (χ2n) is 4.69. The molecular weight excluding hydrogens is 300 g/mol. The van der Waals surface area contributed by atoms with E-state index in [1.165, 1.54) is 0 Å². The van der Waals surface area contributed by atoms with Crippen molar-refractivity contribution in [3.8, 4) is 0 Å². The van der Waals surface area contributed by atoms with Crippen molar-refractivity contribution < 1.29 is 13.6 Å². The molecule has 0 bridgehead atoms. The first kappa shape index (κ1) is 13.6. The lowest BCUT2D eigenvalue weighted by molar-refractivity contribution is -0.115. The van der Waals surface area contributed by atoms with Crippen molar-refractivity contribution in [2.45, 2.75) is 6.42 Å². The number of nitrogen functional groups attached to an aromatic ring is 1. The Bertz CT molecular complexity index is 741. The minimum atomic E-state index is -0.830. The van der Waals surface area contributed by atoms with Crippen LogP contribution in [0.15, 0.2) is 24.3 Å². The Balaban J connectivity index is 2.00. The van der Waals surface area contributed by atoms with Crippen molar-refractivity contribution in [2.75, 3.05) is 16.4 Å². The summed E-state index contributed by atoms with van der Waals surface area (Å²) in [5.74, 6) is -1.73. The second-order valence-corrected chi connectivity index (χ2v) is 5.10. The third-order valence-electron chi connectivity index (χ3n) is 3.17. The van der Waals surface area contributed by atoms with Crippen molar-refractivity contribution in [3.63, 3.8) is 0 Å². The number of benzene rings is 2. The summed E-state index contributed by atoms with van der Waals surface area (Å²) in [5.41, 5.74) is 7.90. The van der Waals surface area contributed by atoms with Gasteiger partial charge >= 0.3 is 0 Å². The number of carbonyl (C=O) groups excluding carboxylic acids is 1. The minimum absolute atomic E-state index is 0.0750. The number of hydrogen-bond acceptors (Lipinski definition) is 3. The van der Waals surface area contributed by atoms with Crippen LogP contribution >= 0.6 is 11.6 Å². The van der Waals surface area contributed by atoms with Gasteiger partial charge in [-0.05, 0) is 23.8 Å². The summed E-state index contributed by atoms with van der Waals surface area (Å²) in [4.78, 5) is 11.3. The van der Waals surface area contributed by atoms with Crippen LogP contribution in [0.1, 0.15) is 5.56 Å². The molecule has 2 aromatic carbocycles. The van der Waals surface area contributed by atoms with Gasteiger partial charge in [0.15, 0.2) is 5.82 Å². The summed E-state index contributed by atoms with van der Waals surface area (Å²) in [5, 5.41) is 5.30. The fourth-order valence-corrected chi connectivity index (χ4v) is 2.44. The number of nitrogens with two attached hydrogens (primary N) is 1. The second kappa shape index (κ2) is 4.89. The van der Waals surface area contributed by atoms with Gasteiger partial charge in [0.2, 0.25) is 5.91 Å². The minimum Gasteiger partial charge on any atom is -0.397 e. The molecule has 7 heteroatoms. The maximum atomic E-state index is 13.8. The first-order valence-corrected chi connectivity index (χ1v) is 6.45. The number of carbonyl (C=O) groups is 1. The summed E-state index contributed by atoms with van der Waals surface area (Å²) in [6.07, 6.45) is 0.255. The standard InChI is InChI=1S/C14H10ClF2N3O/c15-8-3-7(16)4-9(17)14(8)20-12-5-11-6(1-10(12)18)2-13(21)19-11/h1,3-5,20H,2,18H2,(H,19,21). The summed E-state index contributed by atoms with van der Waals surface area (Å²) < 4.78 is 26.8. The van der Waals surface area contributed by atoms with Gasteiger partial charge < -0.3 is 16.4 Å². The van der Waals surface area contributed by atoms with Gasteiger partial charge in [0, 0.05) is 11.8 Å². The van der Waals surface area contributed by atoms with Crippen molar-refractivity contribution in [1.29, 1.82) is 0 Å². The molecule has 0 saturated heterocycles. The molecule has 0 radical (unpaired) electrons. The zero-order chi connectivity index (χ0) is 15.1. The molecule has 108 valence electrons. The monoisotopic (exact) mass is 309 g/mol. The highest BCUT2D eigenvalue weighted by Crippen LogP contribution is 2.36. The molecule has 1 aliphatic rings. The topological polar surface area (TPSA) is 67.2 Å². The van der Waals surface area contributed by atoms with Gasteiger partial charge in [-0.15, -0.1) is 0 Å². The average molecular weight is 310 g/mol. The van der Waals surface area contributed by atoms with Crippen LogP contribution in [-0.4, -0.2) is 5.91 Å². The predicted molar refractivity (Wildman–Crippen MR) is 77.8 cm³/mol. The molecule has 0 atom stereocenters. The molecule has 3 rings (SSSR count). The summed E-state index contributed by atoms with van der Waals surface area (Å²) in [6, 6.07) is 4.94. The lowest BCUT2D eigenvalue weighted by Gasteiger charge is -2.13. The third kappa shape index (κ3) is 2.50. The maximum Gasteiger partial charge on any atom is 0.228 e.